The van der Waals surface area contributed by atoms with Gasteiger partial charge in [0.1, 0.15) is 5.69 Å². The van der Waals surface area contributed by atoms with Gasteiger partial charge in [0.2, 0.25) is 0 Å². The number of nitrogen functional groups attached to an aromatic ring is 1. The highest BCUT2D eigenvalue weighted by Gasteiger charge is 2.14. The molecule has 6 heteroatoms. The lowest BCUT2D eigenvalue weighted by Gasteiger charge is -2.07. The van der Waals surface area contributed by atoms with Gasteiger partial charge in [-0.2, -0.15) is 0 Å². The maximum absolute atomic E-state index is 12.1. The van der Waals surface area contributed by atoms with Gasteiger partial charge in [-0.1, -0.05) is 19.1 Å². The van der Waals surface area contributed by atoms with Crippen LogP contribution in [0.2, 0.25) is 0 Å². The summed E-state index contributed by atoms with van der Waals surface area (Å²) in [6.45, 7) is 2.05. The minimum atomic E-state index is -0.583. The molecule has 0 spiro atoms. The fraction of sp³-hybridized carbons (Fsp3) is 0.133. The monoisotopic (exact) mass is 285 g/mol. The number of aryl methyl sites for hydroxylation is 1. The van der Waals surface area contributed by atoms with Crippen molar-refractivity contribution < 1.29 is 9.72 Å². The van der Waals surface area contributed by atoms with Crippen LogP contribution in [0.4, 0.5) is 17.1 Å². The van der Waals surface area contributed by atoms with Crippen molar-refractivity contribution in [3.8, 4) is 0 Å². The molecule has 21 heavy (non-hydrogen) atoms. The largest absolute Gasteiger partial charge is 0.393 e. The standard InChI is InChI=1S/C15H15N3O3/c1-2-10-3-6-12(7-4-10)17-15(19)11-5-8-14(18(20)21)13(16)9-11/h3-9H,2,16H2,1H3,(H,17,19). The summed E-state index contributed by atoms with van der Waals surface area (Å²) in [5.41, 5.74) is 7.44. The third kappa shape index (κ3) is 3.36. The molecule has 0 aliphatic rings. The SMILES string of the molecule is CCc1ccc(NC(=O)c2ccc([N+](=O)[O-])c(N)c2)cc1. The van der Waals surface area contributed by atoms with Gasteiger partial charge in [0.15, 0.2) is 0 Å². The molecule has 6 nitrogen and oxygen atoms in total. The number of nitrogens with one attached hydrogen (secondary N) is 1. The van der Waals surface area contributed by atoms with Crippen molar-refractivity contribution in [3.63, 3.8) is 0 Å². The summed E-state index contributed by atoms with van der Waals surface area (Å²) in [6.07, 6.45) is 0.924. The van der Waals surface area contributed by atoms with E-state index in [0.29, 0.717) is 5.69 Å². The Kier molecular flexibility index (Phi) is 4.18. The van der Waals surface area contributed by atoms with Crippen molar-refractivity contribution in [2.45, 2.75) is 13.3 Å². The molecule has 0 aromatic heterocycles. The molecule has 0 saturated heterocycles. The van der Waals surface area contributed by atoms with E-state index in [1.165, 1.54) is 23.8 Å². The fourth-order valence-corrected chi connectivity index (χ4v) is 1.89. The summed E-state index contributed by atoms with van der Waals surface area (Å²) in [7, 11) is 0. The van der Waals surface area contributed by atoms with Gasteiger partial charge in [0.25, 0.3) is 11.6 Å². The van der Waals surface area contributed by atoms with Crippen LogP contribution >= 0.6 is 0 Å². The minimum Gasteiger partial charge on any atom is -0.393 e. The van der Waals surface area contributed by atoms with Crippen molar-refractivity contribution in [2.75, 3.05) is 11.1 Å². The molecule has 108 valence electrons. The Morgan fingerprint density at radius 2 is 1.90 bits per heavy atom. The van der Waals surface area contributed by atoms with Gasteiger partial charge in [-0.25, -0.2) is 0 Å². The Balaban J connectivity index is 2.16. The number of nitro benzene ring substituents is 1. The van der Waals surface area contributed by atoms with Crippen LogP contribution in [0.1, 0.15) is 22.8 Å². The van der Waals surface area contributed by atoms with E-state index in [9.17, 15) is 14.9 Å². The first-order valence-corrected chi connectivity index (χ1v) is 6.45. The second-order valence-electron chi connectivity index (χ2n) is 4.54. The molecule has 0 fully saturated rings. The summed E-state index contributed by atoms with van der Waals surface area (Å²) in [5, 5.41) is 13.4. The number of hydrogen-bond acceptors (Lipinski definition) is 4. The van der Waals surface area contributed by atoms with E-state index in [4.69, 9.17) is 5.73 Å². The van der Waals surface area contributed by atoms with Crippen molar-refractivity contribution in [2.24, 2.45) is 0 Å². The number of carbonyl (C=O) groups is 1. The highest BCUT2D eigenvalue weighted by molar-refractivity contribution is 6.05. The number of carbonyl (C=O) groups excluding carboxylic acids is 1. The number of anilines is 2. The lowest BCUT2D eigenvalue weighted by Crippen LogP contribution is -2.12. The van der Waals surface area contributed by atoms with Gasteiger partial charge in [0, 0.05) is 17.3 Å². The molecule has 3 N–H and O–H groups in total. The summed E-state index contributed by atoms with van der Waals surface area (Å²) in [5.74, 6) is -0.360. The van der Waals surface area contributed by atoms with Crippen molar-refractivity contribution in [1.29, 1.82) is 0 Å². The van der Waals surface area contributed by atoms with Gasteiger partial charge in [0.05, 0.1) is 4.92 Å². The molecule has 1 amide bonds. The van der Waals surface area contributed by atoms with Crippen LogP contribution in [0.15, 0.2) is 42.5 Å². The predicted molar refractivity (Wildman–Crippen MR) is 81.3 cm³/mol. The Labute approximate surface area is 121 Å². The van der Waals surface area contributed by atoms with Crippen LogP contribution in [0.25, 0.3) is 0 Å². The highest BCUT2D eigenvalue weighted by Crippen LogP contribution is 2.22. The topological polar surface area (TPSA) is 98.3 Å². The number of hydrogen-bond donors (Lipinski definition) is 2. The summed E-state index contributed by atoms with van der Waals surface area (Å²) in [6, 6.07) is 11.4. The Morgan fingerprint density at radius 1 is 1.24 bits per heavy atom. The van der Waals surface area contributed by atoms with Crippen LogP contribution in [0.5, 0.6) is 0 Å². The zero-order valence-electron chi connectivity index (χ0n) is 11.5. The molecule has 0 radical (unpaired) electrons. The van der Waals surface area contributed by atoms with Crippen LogP contribution in [0, 0.1) is 10.1 Å². The quantitative estimate of drug-likeness (QED) is 0.512. The minimum absolute atomic E-state index is 0.0334. The van der Waals surface area contributed by atoms with Crippen molar-refractivity contribution in [3.05, 3.63) is 63.7 Å². The molecule has 2 aromatic rings. The lowest BCUT2D eigenvalue weighted by atomic mass is 10.1. The van der Waals surface area contributed by atoms with Gasteiger partial charge in [-0.05, 0) is 36.2 Å². The molecule has 2 rings (SSSR count). The average molecular weight is 285 g/mol. The highest BCUT2D eigenvalue weighted by atomic mass is 16.6. The summed E-state index contributed by atoms with van der Waals surface area (Å²) < 4.78 is 0. The number of nitro groups is 1. The predicted octanol–water partition coefficient (Wildman–Crippen LogP) is 2.99. The zero-order valence-corrected chi connectivity index (χ0v) is 11.5. The smallest absolute Gasteiger partial charge is 0.292 e. The van der Waals surface area contributed by atoms with Crippen LogP contribution in [-0.2, 0) is 6.42 Å². The molecule has 0 atom stereocenters. The molecule has 0 unspecified atom stereocenters. The molecule has 0 aliphatic heterocycles. The van der Waals surface area contributed by atoms with Crippen molar-refractivity contribution in [1.82, 2.24) is 0 Å². The summed E-state index contributed by atoms with van der Waals surface area (Å²) in [4.78, 5) is 22.2. The second kappa shape index (κ2) is 6.04. The molecule has 0 bridgehead atoms. The third-order valence-electron chi connectivity index (χ3n) is 3.11. The van der Waals surface area contributed by atoms with Gasteiger partial charge < -0.3 is 11.1 Å². The number of nitrogens with zero attached hydrogens (tertiary/aromatic N) is 1. The number of rotatable bonds is 4. The van der Waals surface area contributed by atoms with E-state index in [0.717, 1.165) is 6.42 Å². The lowest BCUT2D eigenvalue weighted by molar-refractivity contribution is -0.383. The third-order valence-corrected chi connectivity index (χ3v) is 3.11. The van der Waals surface area contributed by atoms with Crippen LogP contribution < -0.4 is 11.1 Å². The van der Waals surface area contributed by atoms with Crippen LogP contribution in [0.3, 0.4) is 0 Å². The Morgan fingerprint density at radius 3 is 2.43 bits per heavy atom. The van der Waals surface area contributed by atoms with Gasteiger partial charge in [-0.15, -0.1) is 0 Å². The maximum atomic E-state index is 12.1. The fourth-order valence-electron chi connectivity index (χ4n) is 1.89. The van der Waals surface area contributed by atoms with E-state index in [1.807, 2.05) is 31.2 Å². The normalized spacial score (nSPS) is 10.1. The summed E-state index contributed by atoms with van der Waals surface area (Å²) >= 11 is 0. The zero-order chi connectivity index (χ0) is 15.4. The van der Waals surface area contributed by atoms with Crippen LogP contribution in [-0.4, -0.2) is 10.8 Å². The molecule has 2 aromatic carbocycles. The number of nitrogens with two attached hydrogens (primary N) is 1. The maximum Gasteiger partial charge on any atom is 0.292 e. The van der Waals surface area contributed by atoms with Crippen molar-refractivity contribution >= 4 is 23.0 Å². The first-order chi connectivity index (χ1) is 10.0. The Bertz CT molecular complexity index is 681. The Hall–Kier alpha value is -2.89. The molecule has 0 heterocycles. The number of benzene rings is 2. The molecule has 0 aliphatic carbocycles. The molecule has 0 saturated carbocycles. The van der Waals surface area contributed by atoms with Gasteiger partial charge >= 0.3 is 0 Å². The number of amides is 1. The van der Waals surface area contributed by atoms with E-state index in [2.05, 4.69) is 5.32 Å². The van der Waals surface area contributed by atoms with E-state index in [1.54, 1.807) is 0 Å². The van der Waals surface area contributed by atoms with E-state index >= 15 is 0 Å². The van der Waals surface area contributed by atoms with E-state index < -0.39 is 4.92 Å². The molecular weight excluding hydrogens is 270 g/mol. The van der Waals surface area contributed by atoms with Gasteiger partial charge in [-0.3, -0.25) is 14.9 Å². The van der Waals surface area contributed by atoms with E-state index in [-0.39, 0.29) is 22.8 Å². The first kappa shape index (κ1) is 14.5. The average Bonchev–Trinajstić information content (AvgIpc) is 2.47. The first-order valence-electron chi connectivity index (χ1n) is 6.45. The second-order valence-corrected chi connectivity index (χ2v) is 4.54. The molecular formula is C15H15N3O3.